The summed E-state index contributed by atoms with van der Waals surface area (Å²) in [5.41, 5.74) is 0.907. The van der Waals surface area contributed by atoms with E-state index in [1.807, 2.05) is 20.8 Å². The highest BCUT2D eigenvalue weighted by Crippen LogP contribution is 2.30. The molecule has 0 spiro atoms. The summed E-state index contributed by atoms with van der Waals surface area (Å²) in [5.74, 6) is 0.656. The van der Waals surface area contributed by atoms with E-state index in [0.717, 1.165) is 32.6 Å². The molecule has 1 saturated heterocycles. The molecular weight excluding hydrogens is 336 g/mol. The lowest BCUT2D eigenvalue weighted by molar-refractivity contribution is 0.00473. The van der Waals surface area contributed by atoms with E-state index in [4.69, 9.17) is 4.74 Å². The van der Waals surface area contributed by atoms with Gasteiger partial charge < -0.3 is 9.64 Å². The third-order valence-corrected chi connectivity index (χ3v) is 5.73. The Morgan fingerprint density at radius 3 is 2.48 bits per heavy atom. The highest BCUT2D eigenvalue weighted by atomic mass is 16.6. The van der Waals surface area contributed by atoms with Gasteiger partial charge in [-0.15, -0.1) is 0 Å². The van der Waals surface area contributed by atoms with Crippen molar-refractivity contribution in [2.45, 2.75) is 77.5 Å². The molecule has 0 bridgehead atoms. The molecule has 2 fully saturated rings. The molecule has 1 aromatic carbocycles. The molecule has 4 nitrogen and oxygen atoms in total. The summed E-state index contributed by atoms with van der Waals surface area (Å²) in [7, 11) is 0. The number of rotatable bonds is 5. The number of hydrogen-bond acceptors (Lipinski definition) is 3. The first-order chi connectivity index (χ1) is 12.9. The number of likely N-dealkylation sites (tertiary alicyclic amines) is 1. The van der Waals surface area contributed by atoms with E-state index in [-0.39, 0.29) is 12.1 Å². The first kappa shape index (κ1) is 20.2. The molecule has 1 atom stereocenters. The molecule has 1 heterocycles. The van der Waals surface area contributed by atoms with Gasteiger partial charge in [0.05, 0.1) is 0 Å². The maximum atomic E-state index is 13.0. The monoisotopic (exact) mass is 372 g/mol. The van der Waals surface area contributed by atoms with Crippen molar-refractivity contribution in [1.82, 2.24) is 9.80 Å². The van der Waals surface area contributed by atoms with Gasteiger partial charge in [0.1, 0.15) is 5.60 Å². The number of carbonyl (C=O) groups excluding carboxylic acids is 1. The van der Waals surface area contributed by atoms with Gasteiger partial charge in [-0.05, 0) is 64.5 Å². The molecule has 1 aliphatic carbocycles. The molecule has 1 aliphatic heterocycles. The third kappa shape index (κ3) is 6.24. The summed E-state index contributed by atoms with van der Waals surface area (Å²) < 4.78 is 5.79. The van der Waals surface area contributed by atoms with Crippen LogP contribution in [0.4, 0.5) is 4.79 Å². The van der Waals surface area contributed by atoms with Gasteiger partial charge in [-0.25, -0.2) is 4.79 Å². The van der Waals surface area contributed by atoms with Gasteiger partial charge in [0.25, 0.3) is 0 Å². The Morgan fingerprint density at radius 2 is 1.85 bits per heavy atom. The summed E-state index contributed by atoms with van der Waals surface area (Å²) >= 11 is 0. The van der Waals surface area contributed by atoms with Crippen LogP contribution in [-0.2, 0) is 11.3 Å². The Kier molecular flexibility index (Phi) is 6.80. The van der Waals surface area contributed by atoms with E-state index in [2.05, 4.69) is 40.1 Å². The Bertz CT molecular complexity index is 592. The summed E-state index contributed by atoms with van der Waals surface area (Å²) in [6.07, 6.45) is 7.14. The van der Waals surface area contributed by atoms with Crippen molar-refractivity contribution in [1.29, 1.82) is 0 Å². The van der Waals surface area contributed by atoms with Crippen LogP contribution < -0.4 is 0 Å². The molecule has 1 unspecified atom stereocenters. The van der Waals surface area contributed by atoms with Crippen molar-refractivity contribution in [3.05, 3.63) is 35.9 Å². The van der Waals surface area contributed by atoms with Crippen LogP contribution >= 0.6 is 0 Å². The van der Waals surface area contributed by atoms with E-state index in [0.29, 0.717) is 5.92 Å². The molecule has 0 radical (unpaired) electrons. The average molecular weight is 373 g/mol. The van der Waals surface area contributed by atoms with Crippen molar-refractivity contribution < 1.29 is 9.53 Å². The zero-order chi connectivity index (χ0) is 19.3. The number of amides is 1. The molecule has 1 aromatic rings. The van der Waals surface area contributed by atoms with E-state index in [1.165, 1.54) is 37.7 Å². The molecular formula is C23H36N2O2. The van der Waals surface area contributed by atoms with E-state index < -0.39 is 5.60 Å². The first-order valence-electron chi connectivity index (χ1n) is 10.7. The van der Waals surface area contributed by atoms with Crippen molar-refractivity contribution >= 4 is 6.09 Å². The van der Waals surface area contributed by atoms with Crippen molar-refractivity contribution in [2.75, 3.05) is 19.6 Å². The normalized spacial score (nSPS) is 22.0. The summed E-state index contributed by atoms with van der Waals surface area (Å²) in [6.45, 7) is 9.75. The van der Waals surface area contributed by atoms with Crippen molar-refractivity contribution in [2.24, 2.45) is 5.92 Å². The Labute approximate surface area is 164 Å². The number of hydrogen-bond donors (Lipinski definition) is 0. The van der Waals surface area contributed by atoms with E-state index >= 15 is 0 Å². The Morgan fingerprint density at radius 1 is 1.11 bits per heavy atom. The molecule has 0 aromatic heterocycles. The fourth-order valence-electron chi connectivity index (χ4n) is 4.08. The van der Waals surface area contributed by atoms with Gasteiger partial charge in [-0.1, -0.05) is 43.2 Å². The molecule has 0 N–H and O–H groups in total. The summed E-state index contributed by atoms with van der Waals surface area (Å²) in [4.78, 5) is 17.6. The zero-order valence-corrected chi connectivity index (χ0v) is 17.3. The standard InChI is InChI=1S/C23H36N2O2/c1-23(2,3)27-22(26)25(17-20-12-9-13-20)21-14-7-8-15-24(18-21)16-19-10-5-4-6-11-19/h4-6,10-11,20-21H,7-9,12-18H2,1-3H3. The molecule has 4 heteroatoms. The van der Waals surface area contributed by atoms with Gasteiger partial charge in [0.2, 0.25) is 0 Å². The van der Waals surface area contributed by atoms with Gasteiger partial charge in [-0.3, -0.25) is 4.90 Å². The maximum Gasteiger partial charge on any atom is 0.410 e. The van der Waals surface area contributed by atoms with Crippen LogP contribution in [0.2, 0.25) is 0 Å². The quantitative estimate of drug-likeness (QED) is 0.723. The summed E-state index contributed by atoms with van der Waals surface area (Å²) in [5, 5.41) is 0. The number of carbonyl (C=O) groups is 1. The van der Waals surface area contributed by atoms with Crippen LogP contribution in [0.5, 0.6) is 0 Å². The third-order valence-electron chi connectivity index (χ3n) is 5.73. The topological polar surface area (TPSA) is 32.8 Å². The van der Waals surface area contributed by atoms with E-state index in [1.54, 1.807) is 0 Å². The lowest BCUT2D eigenvalue weighted by Gasteiger charge is -2.39. The molecule has 1 saturated carbocycles. The highest BCUT2D eigenvalue weighted by Gasteiger charge is 2.33. The van der Waals surface area contributed by atoms with Gasteiger partial charge in [-0.2, -0.15) is 0 Å². The molecule has 2 aliphatic rings. The first-order valence-corrected chi connectivity index (χ1v) is 10.7. The predicted molar refractivity (Wildman–Crippen MR) is 110 cm³/mol. The number of ether oxygens (including phenoxy) is 1. The molecule has 3 rings (SSSR count). The second kappa shape index (κ2) is 9.09. The summed E-state index contributed by atoms with van der Waals surface area (Å²) in [6, 6.07) is 10.9. The molecule has 27 heavy (non-hydrogen) atoms. The number of benzene rings is 1. The second-order valence-corrected chi connectivity index (χ2v) is 9.30. The van der Waals surface area contributed by atoms with Crippen LogP contribution in [0.25, 0.3) is 0 Å². The smallest absolute Gasteiger partial charge is 0.410 e. The average Bonchev–Trinajstić information content (AvgIpc) is 2.78. The number of nitrogens with zero attached hydrogens (tertiary/aromatic N) is 2. The SMILES string of the molecule is CC(C)(C)OC(=O)N(CC1CCC1)C1CCCCN(Cc2ccccc2)C1. The lowest BCUT2D eigenvalue weighted by Crippen LogP contribution is -2.50. The van der Waals surface area contributed by atoms with Crippen molar-refractivity contribution in [3.63, 3.8) is 0 Å². The predicted octanol–water partition coefficient (Wildman–Crippen LogP) is 5.08. The van der Waals surface area contributed by atoms with Crippen LogP contribution in [-0.4, -0.2) is 47.2 Å². The lowest BCUT2D eigenvalue weighted by atomic mass is 9.85. The van der Waals surface area contributed by atoms with Crippen LogP contribution in [0.15, 0.2) is 30.3 Å². The molecule has 1 amide bonds. The van der Waals surface area contributed by atoms with Gasteiger partial charge >= 0.3 is 6.09 Å². The van der Waals surface area contributed by atoms with Crippen molar-refractivity contribution in [3.8, 4) is 0 Å². The van der Waals surface area contributed by atoms with Crippen LogP contribution in [0, 0.1) is 5.92 Å². The van der Waals surface area contributed by atoms with Crippen LogP contribution in [0.1, 0.15) is 64.9 Å². The minimum Gasteiger partial charge on any atom is -0.444 e. The highest BCUT2D eigenvalue weighted by molar-refractivity contribution is 5.68. The zero-order valence-electron chi connectivity index (χ0n) is 17.3. The minimum atomic E-state index is -0.441. The Balaban J connectivity index is 1.69. The minimum absolute atomic E-state index is 0.124. The van der Waals surface area contributed by atoms with Gasteiger partial charge in [0.15, 0.2) is 0 Å². The van der Waals surface area contributed by atoms with Gasteiger partial charge in [0, 0.05) is 25.7 Å². The maximum absolute atomic E-state index is 13.0. The fraction of sp³-hybridized carbons (Fsp3) is 0.696. The second-order valence-electron chi connectivity index (χ2n) is 9.30. The van der Waals surface area contributed by atoms with E-state index in [9.17, 15) is 4.79 Å². The molecule has 150 valence electrons. The Hall–Kier alpha value is -1.55. The fourth-order valence-corrected chi connectivity index (χ4v) is 4.08. The largest absolute Gasteiger partial charge is 0.444 e. The van der Waals surface area contributed by atoms with Crippen LogP contribution in [0.3, 0.4) is 0 Å².